The normalized spacial score (nSPS) is 15.0. The minimum Gasteiger partial charge on any atom is -0.497 e. The molecule has 3 rings (SSSR count). The summed E-state index contributed by atoms with van der Waals surface area (Å²) in [6.07, 6.45) is 2.11. The van der Waals surface area contributed by atoms with Crippen LogP contribution in [0.5, 0.6) is 5.75 Å². The van der Waals surface area contributed by atoms with Crippen LogP contribution >= 0.6 is 0 Å². The summed E-state index contributed by atoms with van der Waals surface area (Å²) < 4.78 is 34.6. The molecule has 0 N–H and O–H groups in total. The Morgan fingerprint density at radius 3 is 2.71 bits per heavy atom. The maximum atomic E-state index is 12.9. The molecule has 0 aromatic heterocycles. The zero-order valence-corrected chi connectivity index (χ0v) is 17.2. The lowest BCUT2D eigenvalue weighted by Gasteiger charge is -2.31. The van der Waals surface area contributed by atoms with Crippen molar-refractivity contribution in [3.63, 3.8) is 0 Å². The molecule has 1 aliphatic heterocycles. The van der Waals surface area contributed by atoms with Crippen LogP contribution in [0.1, 0.15) is 24.5 Å². The SMILES string of the molecule is COc1cccc(COC(C)C(=O)N2CCCc3cc(S(C)(=O)=O)ccc32)c1. The van der Waals surface area contributed by atoms with Gasteiger partial charge in [0, 0.05) is 18.5 Å². The van der Waals surface area contributed by atoms with Crippen LogP contribution in [0.3, 0.4) is 0 Å². The molecule has 0 aliphatic carbocycles. The van der Waals surface area contributed by atoms with Gasteiger partial charge in [0.1, 0.15) is 11.9 Å². The number of sulfone groups is 1. The highest BCUT2D eigenvalue weighted by Gasteiger charge is 2.27. The molecule has 7 heteroatoms. The first kappa shape index (κ1) is 20.4. The van der Waals surface area contributed by atoms with Crippen molar-refractivity contribution >= 4 is 21.4 Å². The van der Waals surface area contributed by atoms with Crippen molar-refractivity contribution in [1.29, 1.82) is 0 Å². The number of nitrogens with zero attached hydrogens (tertiary/aromatic N) is 1. The van der Waals surface area contributed by atoms with Gasteiger partial charge in [0.05, 0.1) is 18.6 Å². The van der Waals surface area contributed by atoms with E-state index in [0.29, 0.717) is 13.2 Å². The fraction of sp³-hybridized carbons (Fsp3) is 0.381. The van der Waals surface area contributed by atoms with Gasteiger partial charge < -0.3 is 14.4 Å². The summed E-state index contributed by atoms with van der Waals surface area (Å²) in [5.74, 6) is 0.614. The van der Waals surface area contributed by atoms with E-state index in [-0.39, 0.29) is 10.8 Å². The number of anilines is 1. The molecule has 1 heterocycles. The summed E-state index contributed by atoms with van der Waals surface area (Å²) in [5.41, 5.74) is 2.57. The van der Waals surface area contributed by atoms with Crippen molar-refractivity contribution in [2.75, 3.05) is 24.8 Å². The number of ether oxygens (including phenoxy) is 2. The van der Waals surface area contributed by atoms with Crippen LogP contribution in [0.4, 0.5) is 5.69 Å². The zero-order valence-electron chi connectivity index (χ0n) is 16.3. The number of carbonyl (C=O) groups is 1. The first-order valence-electron chi connectivity index (χ1n) is 9.18. The van der Waals surface area contributed by atoms with Crippen LogP contribution in [0, 0.1) is 0 Å². The first-order chi connectivity index (χ1) is 13.3. The number of amides is 1. The van der Waals surface area contributed by atoms with Gasteiger partial charge in [-0.15, -0.1) is 0 Å². The van der Waals surface area contributed by atoms with Crippen LogP contribution < -0.4 is 9.64 Å². The summed E-state index contributed by atoms with van der Waals surface area (Å²) in [6, 6.07) is 12.5. The molecule has 28 heavy (non-hydrogen) atoms. The second-order valence-electron chi connectivity index (χ2n) is 6.96. The van der Waals surface area contributed by atoms with E-state index in [1.165, 1.54) is 6.26 Å². The monoisotopic (exact) mass is 403 g/mol. The summed E-state index contributed by atoms with van der Waals surface area (Å²) in [6.45, 7) is 2.64. The smallest absolute Gasteiger partial charge is 0.255 e. The van der Waals surface area contributed by atoms with E-state index in [1.807, 2.05) is 24.3 Å². The molecule has 0 fully saturated rings. The molecule has 6 nitrogen and oxygen atoms in total. The lowest BCUT2D eigenvalue weighted by molar-refractivity contribution is -0.129. The predicted molar refractivity (Wildman–Crippen MR) is 107 cm³/mol. The Hall–Kier alpha value is -2.38. The molecule has 150 valence electrons. The number of carbonyl (C=O) groups excluding carboxylic acids is 1. The van der Waals surface area contributed by atoms with Crippen LogP contribution in [-0.4, -0.2) is 40.3 Å². The summed E-state index contributed by atoms with van der Waals surface area (Å²) in [5, 5.41) is 0. The van der Waals surface area contributed by atoms with E-state index in [0.717, 1.165) is 35.4 Å². The molecular weight excluding hydrogens is 378 g/mol. The highest BCUT2D eigenvalue weighted by Crippen LogP contribution is 2.30. The number of benzene rings is 2. The second-order valence-corrected chi connectivity index (χ2v) is 8.98. The van der Waals surface area contributed by atoms with E-state index in [9.17, 15) is 13.2 Å². The summed E-state index contributed by atoms with van der Waals surface area (Å²) in [4.78, 5) is 14.9. The Kier molecular flexibility index (Phi) is 6.05. The minimum absolute atomic E-state index is 0.129. The number of hydrogen-bond acceptors (Lipinski definition) is 5. The number of aryl methyl sites for hydroxylation is 1. The summed E-state index contributed by atoms with van der Waals surface area (Å²) in [7, 11) is -1.67. The van der Waals surface area contributed by atoms with Gasteiger partial charge in [0.25, 0.3) is 5.91 Å². The lowest BCUT2D eigenvalue weighted by atomic mass is 10.0. The molecule has 1 aliphatic rings. The van der Waals surface area contributed by atoms with E-state index in [1.54, 1.807) is 37.1 Å². The fourth-order valence-corrected chi connectivity index (χ4v) is 3.98. The Balaban J connectivity index is 1.72. The zero-order chi connectivity index (χ0) is 20.3. The maximum Gasteiger partial charge on any atom is 0.255 e. The third kappa shape index (κ3) is 4.54. The van der Waals surface area contributed by atoms with Gasteiger partial charge in [-0.2, -0.15) is 0 Å². The molecular formula is C21H25NO5S. The first-order valence-corrected chi connectivity index (χ1v) is 11.1. The largest absolute Gasteiger partial charge is 0.497 e. The van der Waals surface area contributed by atoms with E-state index >= 15 is 0 Å². The van der Waals surface area contributed by atoms with Crippen molar-refractivity contribution in [3.8, 4) is 5.75 Å². The maximum absolute atomic E-state index is 12.9. The molecule has 0 saturated carbocycles. The Labute approximate surface area is 166 Å². The van der Waals surface area contributed by atoms with Gasteiger partial charge in [-0.1, -0.05) is 12.1 Å². The number of methoxy groups -OCH3 is 1. The lowest BCUT2D eigenvalue weighted by Crippen LogP contribution is -2.42. The third-order valence-corrected chi connectivity index (χ3v) is 5.96. The van der Waals surface area contributed by atoms with Crippen LogP contribution in [0.2, 0.25) is 0 Å². The standard InChI is InChI=1S/C21H25NO5S/c1-15(27-14-16-6-4-8-18(12-16)26-2)21(23)22-11-5-7-17-13-19(28(3,24)25)9-10-20(17)22/h4,6,8-10,12-13,15H,5,7,11,14H2,1-3H3. The van der Waals surface area contributed by atoms with Crippen molar-refractivity contribution in [2.24, 2.45) is 0 Å². The fourth-order valence-electron chi connectivity index (χ4n) is 3.31. The molecule has 0 bridgehead atoms. The third-order valence-electron chi connectivity index (χ3n) is 4.85. The predicted octanol–water partition coefficient (Wildman–Crippen LogP) is 2.98. The Bertz CT molecular complexity index is 971. The minimum atomic E-state index is -3.27. The van der Waals surface area contributed by atoms with Crippen LogP contribution in [0.25, 0.3) is 0 Å². The quantitative estimate of drug-likeness (QED) is 0.741. The Morgan fingerprint density at radius 2 is 2.00 bits per heavy atom. The van der Waals surface area contributed by atoms with Gasteiger partial charge in [-0.05, 0) is 61.2 Å². The van der Waals surface area contributed by atoms with Crippen molar-refractivity contribution in [1.82, 2.24) is 0 Å². The molecule has 1 atom stereocenters. The van der Waals surface area contributed by atoms with E-state index < -0.39 is 15.9 Å². The molecule has 1 amide bonds. The number of hydrogen-bond donors (Lipinski definition) is 0. The average molecular weight is 404 g/mol. The topological polar surface area (TPSA) is 72.9 Å². The molecule has 2 aromatic carbocycles. The molecule has 0 saturated heterocycles. The van der Waals surface area contributed by atoms with Crippen molar-refractivity contribution < 1.29 is 22.7 Å². The second kappa shape index (κ2) is 8.32. The summed E-state index contributed by atoms with van der Waals surface area (Å²) >= 11 is 0. The van der Waals surface area contributed by atoms with E-state index in [4.69, 9.17) is 9.47 Å². The molecule has 1 unspecified atom stereocenters. The van der Waals surface area contributed by atoms with Crippen molar-refractivity contribution in [2.45, 2.75) is 37.4 Å². The highest BCUT2D eigenvalue weighted by atomic mass is 32.2. The van der Waals surface area contributed by atoms with Gasteiger partial charge in [0.15, 0.2) is 9.84 Å². The van der Waals surface area contributed by atoms with Gasteiger partial charge in [-0.25, -0.2) is 8.42 Å². The highest BCUT2D eigenvalue weighted by molar-refractivity contribution is 7.90. The molecule has 0 spiro atoms. The van der Waals surface area contributed by atoms with E-state index in [2.05, 4.69) is 0 Å². The van der Waals surface area contributed by atoms with Crippen LogP contribution in [0.15, 0.2) is 47.4 Å². The van der Waals surface area contributed by atoms with Gasteiger partial charge >= 0.3 is 0 Å². The van der Waals surface area contributed by atoms with Crippen LogP contribution in [-0.2, 0) is 32.4 Å². The van der Waals surface area contributed by atoms with Gasteiger partial charge in [0.2, 0.25) is 0 Å². The van der Waals surface area contributed by atoms with Crippen molar-refractivity contribution in [3.05, 3.63) is 53.6 Å². The molecule has 2 aromatic rings. The van der Waals surface area contributed by atoms with Gasteiger partial charge in [-0.3, -0.25) is 4.79 Å². The molecule has 0 radical (unpaired) electrons. The number of fused-ring (bicyclic) bond motifs is 1. The number of rotatable bonds is 6. The Morgan fingerprint density at radius 1 is 1.21 bits per heavy atom. The average Bonchev–Trinajstić information content (AvgIpc) is 2.70.